The van der Waals surface area contributed by atoms with E-state index in [0.717, 1.165) is 22.4 Å². The molecular weight excluding hydrogens is 613 g/mol. The lowest BCUT2D eigenvalue weighted by Gasteiger charge is -2.33. The SMILES string of the molecule is NC(=O)c1c(CC2CC2)nc2c(cnn2C2(C(F)(F)F)CC2)c1-c1ccc2c(c1)OC(F)(F)C(=O)N2Cc1ncc(Cl)cn1. The van der Waals surface area contributed by atoms with Gasteiger partial charge in [-0.1, -0.05) is 17.7 Å². The van der Waals surface area contributed by atoms with Crippen LogP contribution in [0, 0.1) is 5.92 Å². The van der Waals surface area contributed by atoms with Crippen LogP contribution in [0.1, 0.15) is 47.6 Å². The second-order valence-corrected chi connectivity index (χ2v) is 11.6. The summed E-state index contributed by atoms with van der Waals surface area (Å²) < 4.78 is 77.9. The maximum absolute atomic E-state index is 14.9. The topological polar surface area (TPSA) is 129 Å². The monoisotopic (exact) mass is 633 g/mol. The average Bonchev–Trinajstić information content (AvgIpc) is 3.89. The van der Waals surface area contributed by atoms with E-state index in [9.17, 15) is 31.5 Å². The van der Waals surface area contributed by atoms with Gasteiger partial charge in [-0.05, 0) is 55.7 Å². The number of alkyl halides is 5. The molecule has 16 heteroatoms. The predicted molar refractivity (Wildman–Crippen MR) is 145 cm³/mol. The number of rotatable bonds is 7. The average molecular weight is 634 g/mol. The van der Waals surface area contributed by atoms with Crippen molar-refractivity contribution in [1.29, 1.82) is 0 Å². The predicted octanol–water partition coefficient (Wildman–Crippen LogP) is 5.16. The number of carbonyl (C=O) groups excluding carboxylic acids is 2. The summed E-state index contributed by atoms with van der Waals surface area (Å²) >= 11 is 5.81. The summed E-state index contributed by atoms with van der Waals surface area (Å²) in [5.74, 6) is -2.78. The van der Waals surface area contributed by atoms with Crippen molar-refractivity contribution in [3.63, 3.8) is 0 Å². The van der Waals surface area contributed by atoms with Crippen molar-refractivity contribution in [3.05, 3.63) is 58.9 Å². The molecule has 2 fully saturated rings. The summed E-state index contributed by atoms with van der Waals surface area (Å²) in [5, 5.41) is 4.35. The van der Waals surface area contributed by atoms with Crippen LogP contribution < -0.4 is 15.4 Å². The van der Waals surface area contributed by atoms with Gasteiger partial charge in [0, 0.05) is 23.3 Å². The van der Waals surface area contributed by atoms with Crippen molar-refractivity contribution in [2.75, 3.05) is 4.90 Å². The van der Waals surface area contributed by atoms with Gasteiger partial charge in [-0.25, -0.2) is 19.6 Å². The van der Waals surface area contributed by atoms with Gasteiger partial charge in [0.2, 0.25) is 0 Å². The Labute approximate surface area is 250 Å². The van der Waals surface area contributed by atoms with Crippen molar-refractivity contribution < 1.29 is 36.3 Å². The molecule has 1 aromatic carbocycles. The second-order valence-electron chi connectivity index (χ2n) is 11.2. The zero-order valence-electron chi connectivity index (χ0n) is 22.5. The minimum absolute atomic E-state index is 0.0261. The van der Waals surface area contributed by atoms with E-state index in [2.05, 4.69) is 20.1 Å². The van der Waals surface area contributed by atoms with Gasteiger partial charge in [0.1, 0.15) is 5.82 Å². The summed E-state index contributed by atoms with van der Waals surface area (Å²) in [5.41, 5.74) is 3.80. The van der Waals surface area contributed by atoms with E-state index in [1.165, 1.54) is 36.8 Å². The lowest BCUT2D eigenvalue weighted by Crippen LogP contribution is -2.50. The first-order chi connectivity index (χ1) is 20.8. The number of fused-ring (bicyclic) bond motifs is 2. The Morgan fingerprint density at radius 2 is 1.84 bits per heavy atom. The first-order valence-corrected chi connectivity index (χ1v) is 13.9. The number of ether oxygens (including phenoxy) is 1. The maximum Gasteiger partial charge on any atom is 0.482 e. The first-order valence-electron chi connectivity index (χ1n) is 13.6. The fourth-order valence-electron chi connectivity index (χ4n) is 5.59. The minimum atomic E-state index is -4.61. The summed E-state index contributed by atoms with van der Waals surface area (Å²) in [6.07, 6.45) is -3.61. The van der Waals surface area contributed by atoms with Crippen molar-refractivity contribution >= 4 is 40.1 Å². The van der Waals surface area contributed by atoms with Gasteiger partial charge in [0.25, 0.3) is 5.91 Å². The minimum Gasteiger partial charge on any atom is -0.423 e. The number of amides is 2. The van der Waals surface area contributed by atoms with Crippen LogP contribution in [-0.2, 0) is 23.3 Å². The van der Waals surface area contributed by atoms with Crippen molar-refractivity contribution in [1.82, 2.24) is 24.7 Å². The number of pyridine rings is 1. The normalized spacial score (nSPS) is 18.7. The third-order valence-electron chi connectivity index (χ3n) is 8.12. The Bertz CT molecular complexity index is 1850. The molecule has 4 heterocycles. The Hall–Kier alpha value is -4.40. The van der Waals surface area contributed by atoms with Crippen molar-refractivity contribution in [2.45, 2.75) is 56.5 Å². The third kappa shape index (κ3) is 4.52. The number of anilines is 1. The molecule has 0 unspecified atom stereocenters. The van der Waals surface area contributed by atoms with Crippen LogP contribution in [0.4, 0.5) is 27.6 Å². The highest BCUT2D eigenvalue weighted by Crippen LogP contribution is 2.56. The summed E-state index contributed by atoms with van der Waals surface area (Å²) in [7, 11) is 0. The van der Waals surface area contributed by atoms with Gasteiger partial charge in [0.15, 0.2) is 16.9 Å². The van der Waals surface area contributed by atoms with Crippen LogP contribution in [0.2, 0.25) is 5.02 Å². The molecule has 0 radical (unpaired) electrons. The zero-order valence-corrected chi connectivity index (χ0v) is 23.3. The number of nitrogens with two attached hydrogens (primary N) is 1. The van der Waals surface area contributed by atoms with Crippen LogP contribution >= 0.6 is 11.6 Å². The van der Waals surface area contributed by atoms with Crippen LogP contribution in [0.15, 0.2) is 36.8 Å². The molecule has 0 bridgehead atoms. The molecule has 7 rings (SSSR count). The highest BCUT2D eigenvalue weighted by atomic mass is 35.5. The molecule has 2 amide bonds. The molecule has 0 atom stereocenters. The van der Waals surface area contributed by atoms with E-state index >= 15 is 0 Å². The highest BCUT2D eigenvalue weighted by molar-refractivity contribution is 6.30. The number of hydrogen-bond acceptors (Lipinski definition) is 7. The summed E-state index contributed by atoms with van der Waals surface area (Å²) in [4.78, 5) is 38.8. The van der Waals surface area contributed by atoms with Gasteiger partial charge in [-0.2, -0.15) is 27.1 Å². The number of primary amides is 1. The molecule has 0 saturated heterocycles. The van der Waals surface area contributed by atoms with Gasteiger partial charge in [-0.3, -0.25) is 14.5 Å². The van der Waals surface area contributed by atoms with Crippen molar-refractivity contribution in [2.24, 2.45) is 11.7 Å². The molecule has 44 heavy (non-hydrogen) atoms. The van der Waals surface area contributed by atoms with Crippen LogP contribution in [0.5, 0.6) is 5.75 Å². The smallest absolute Gasteiger partial charge is 0.423 e. The number of nitrogens with zero attached hydrogens (tertiary/aromatic N) is 6. The molecule has 10 nitrogen and oxygen atoms in total. The molecule has 2 saturated carbocycles. The first kappa shape index (κ1) is 28.4. The molecule has 3 aliphatic rings. The standard InChI is InChI=1S/C28H21ClF5N7O3/c29-15-9-36-20(37-10-15)12-40-18-4-3-14(8-19(18)44-27(30,31)25(40)43)21-16-11-38-41(26(5-6-26)28(32,33)34)24(16)39-17(7-13-1-2-13)22(21)23(35)42/h3-4,8-11,13H,1-2,5-7,12H2,(H2,35,42). The van der Waals surface area contributed by atoms with Gasteiger partial charge in [0.05, 0.1) is 34.7 Å². The number of benzene rings is 1. The quantitative estimate of drug-likeness (QED) is 0.278. The summed E-state index contributed by atoms with van der Waals surface area (Å²) in [6.45, 7) is -0.439. The van der Waals surface area contributed by atoms with Gasteiger partial charge >= 0.3 is 18.2 Å². The van der Waals surface area contributed by atoms with E-state index in [-0.39, 0.29) is 75.1 Å². The molecule has 2 aliphatic carbocycles. The lowest BCUT2D eigenvalue weighted by atomic mass is 9.93. The van der Waals surface area contributed by atoms with Crippen LogP contribution in [0.25, 0.3) is 22.2 Å². The number of hydrogen-bond donors (Lipinski definition) is 1. The van der Waals surface area contributed by atoms with Crippen LogP contribution in [-0.4, -0.2) is 48.8 Å². The van der Waals surface area contributed by atoms with Gasteiger partial charge in [-0.15, -0.1) is 0 Å². The van der Waals surface area contributed by atoms with Crippen LogP contribution in [0.3, 0.4) is 0 Å². The number of aromatic nitrogens is 5. The van der Waals surface area contributed by atoms with E-state index in [1.54, 1.807) is 0 Å². The van der Waals surface area contributed by atoms with E-state index in [1.807, 2.05) is 0 Å². The Kier molecular flexibility index (Phi) is 6.16. The Morgan fingerprint density at radius 3 is 2.45 bits per heavy atom. The largest absolute Gasteiger partial charge is 0.482 e. The van der Waals surface area contributed by atoms with E-state index in [4.69, 9.17) is 22.1 Å². The highest BCUT2D eigenvalue weighted by Gasteiger charge is 2.66. The van der Waals surface area contributed by atoms with E-state index in [0.29, 0.717) is 0 Å². The fraction of sp³-hybridized carbons (Fsp3) is 0.357. The third-order valence-corrected chi connectivity index (χ3v) is 8.31. The fourth-order valence-corrected chi connectivity index (χ4v) is 5.68. The molecule has 228 valence electrons. The maximum atomic E-state index is 14.9. The van der Waals surface area contributed by atoms with Gasteiger partial charge < -0.3 is 10.5 Å². The molecule has 1 aliphatic heterocycles. The summed E-state index contributed by atoms with van der Waals surface area (Å²) in [6, 6.07) is 3.94. The zero-order chi connectivity index (χ0) is 31.2. The molecule has 0 spiro atoms. The molecule has 4 aromatic rings. The Morgan fingerprint density at radius 1 is 1.14 bits per heavy atom. The lowest BCUT2D eigenvalue weighted by molar-refractivity contribution is -0.193. The molecular formula is C28H21ClF5N7O3. The van der Waals surface area contributed by atoms with Crippen molar-refractivity contribution in [3.8, 4) is 16.9 Å². The Balaban J connectivity index is 1.41. The molecule has 3 aromatic heterocycles. The second kappa shape index (κ2) is 9.55. The number of carbonyl (C=O) groups is 2. The number of halogens is 6. The molecule has 2 N–H and O–H groups in total. The van der Waals surface area contributed by atoms with E-state index < -0.39 is 41.9 Å².